The Morgan fingerprint density at radius 3 is 2.92 bits per heavy atom. The monoisotopic (exact) mass is 371 g/mol. The van der Waals surface area contributed by atoms with Crippen molar-refractivity contribution in [1.82, 2.24) is 19.5 Å². The van der Waals surface area contributed by atoms with Crippen LogP contribution in [0.25, 0.3) is 28.1 Å². The first-order valence-electron chi connectivity index (χ1n) is 8.12. The summed E-state index contributed by atoms with van der Waals surface area (Å²) in [6.07, 6.45) is 3.36. The number of aromatic nitrogens is 5. The van der Waals surface area contributed by atoms with E-state index in [-0.39, 0.29) is 5.89 Å². The van der Waals surface area contributed by atoms with Gasteiger partial charge in [-0.1, -0.05) is 16.8 Å². The molecule has 4 aromatic rings. The van der Waals surface area contributed by atoms with Crippen LogP contribution in [0.2, 0.25) is 5.02 Å². The summed E-state index contributed by atoms with van der Waals surface area (Å²) in [6, 6.07) is 5.15. The molecule has 1 aliphatic rings. The zero-order valence-electron chi connectivity index (χ0n) is 14.1. The zero-order chi connectivity index (χ0) is 18.1. The van der Waals surface area contributed by atoms with Crippen LogP contribution in [0.3, 0.4) is 0 Å². The van der Waals surface area contributed by atoms with E-state index in [2.05, 4.69) is 15.1 Å². The first kappa shape index (κ1) is 15.5. The van der Waals surface area contributed by atoms with Crippen molar-refractivity contribution in [1.29, 1.82) is 0 Å². The molecule has 1 aliphatic carbocycles. The summed E-state index contributed by atoms with van der Waals surface area (Å²) >= 11 is 6.04. The maximum Gasteiger partial charge on any atom is 0.279 e. The Kier molecular flexibility index (Phi) is 3.08. The van der Waals surface area contributed by atoms with Gasteiger partial charge in [0, 0.05) is 25.1 Å². The lowest BCUT2D eigenvalue weighted by molar-refractivity contribution is -0.583. The molecule has 9 heteroatoms. The third kappa shape index (κ3) is 1.99. The molecule has 0 saturated heterocycles. The Morgan fingerprint density at radius 1 is 1.38 bits per heavy atom. The second-order valence-electron chi connectivity index (χ2n) is 6.45. The predicted octanol–water partition coefficient (Wildman–Crippen LogP) is 2.77. The molecule has 132 valence electrons. The molecular formula is C17H14ClN5O3. The molecule has 0 amide bonds. The lowest BCUT2D eigenvalue weighted by atomic mass is 10.2. The fourth-order valence-electron chi connectivity index (χ4n) is 3.31. The molecule has 0 radical (unpaired) electrons. The van der Waals surface area contributed by atoms with Gasteiger partial charge in [0.1, 0.15) is 23.0 Å². The van der Waals surface area contributed by atoms with Crippen LogP contribution in [-0.2, 0) is 10.3 Å². The van der Waals surface area contributed by atoms with E-state index in [1.165, 1.54) is 0 Å². The van der Waals surface area contributed by atoms with Crippen molar-refractivity contribution in [2.45, 2.75) is 25.4 Å². The van der Waals surface area contributed by atoms with Crippen LogP contribution in [0, 0.1) is 12.1 Å². The number of benzene rings is 1. The molecule has 1 fully saturated rings. The number of methoxy groups -OCH3 is 1. The van der Waals surface area contributed by atoms with E-state index in [0.717, 1.165) is 17.6 Å². The molecule has 26 heavy (non-hydrogen) atoms. The average Bonchev–Trinajstić information content (AvgIpc) is 3.07. The van der Waals surface area contributed by atoms with Gasteiger partial charge in [0.05, 0.1) is 0 Å². The molecule has 0 aliphatic heterocycles. The zero-order valence-corrected chi connectivity index (χ0v) is 14.8. The summed E-state index contributed by atoms with van der Waals surface area (Å²) in [5, 5.41) is 17.3. The summed E-state index contributed by atoms with van der Waals surface area (Å²) in [7, 11) is 1.64. The first-order chi connectivity index (χ1) is 12.5. The molecule has 0 unspecified atom stereocenters. The molecule has 5 rings (SSSR count). The first-order valence-corrected chi connectivity index (χ1v) is 8.50. The summed E-state index contributed by atoms with van der Waals surface area (Å²) < 4.78 is 13.6. The summed E-state index contributed by atoms with van der Waals surface area (Å²) in [6.45, 7) is 1.72. The van der Waals surface area contributed by atoms with Crippen LogP contribution >= 0.6 is 11.6 Å². The Labute approximate surface area is 152 Å². The maximum atomic E-state index is 12.7. The van der Waals surface area contributed by atoms with Crippen molar-refractivity contribution in [3.63, 3.8) is 0 Å². The Bertz CT molecular complexity index is 1180. The lowest BCUT2D eigenvalue weighted by Gasteiger charge is -2.08. The molecule has 0 bridgehead atoms. The average molecular weight is 372 g/mol. The van der Waals surface area contributed by atoms with Crippen LogP contribution in [0.5, 0.6) is 0 Å². The van der Waals surface area contributed by atoms with Gasteiger partial charge in [-0.2, -0.15) is 9.71 Å². The SMILES string of the molecule is COC1(c2noc(-c3ncn4c3c(C)[n+]([O-])c3cc(Cl)ccc34)n2)CC1. The van der Waals surface area contributed by atoms with E-state index < -0.39 is 5.60 Å². The molecule has 3 aromatic heterocycles. The fraction of sp³-hybridized carbons (Fsp3) is 0.294. The maximum absolute atomic E-state index is 12.7. The summed E-state index contributed by atoms with van der Waals surface area (Å²) in [5.41, 5.74) is 2.27. The van der Waals surface area contributed by atoms with Crippen molar-refractivity contribution in [3.05, 3.63) is 46.3 Å². The lowest BCUT2D eigenvalue weighted by Crippen LogP contribution is -2.32. The standard InChI is InChI=1S/C17H14ClN5O3/c1-9-14-13(15-20-16(21-26-15)17(25-2)5-6-17)19-8-22(14)11-4-3-10(18)7-12(11)23(9)24/h3-4,7-8H,5-6H2,1-2H3. The highest BCUT2D eigenvalue weighted by Gasteiger charge is 2.49. The van der Waals surface area contributed by atoms with Gasteiger partial charge in [0.25, 0.3) is 5.89 Å². The number of imidazole rings is 1. The number of halogens is 1. The van der Waals surface area contributed by atoms with Gasteiger partial charge < -0.3 is 14.5 Å². The van der Waals surface area contributed by atoms with E-state index in [0.29, 0.717) is 38.8 Å². The molecule has 8 nitrogen and oxygen atoms in total. The Balaban J connectivity index is 1.75. The molecule has 0 N–H and O–H groups in total. The van der Waals surface area contributed by atoms with Crippen LogP contribution in [0.15, 0.2) is 29.0 Å². The van der Waals surface area contributed by atoms with E-state index in [9.17, 15) is 5.21 Å². The Morgan fingerprint density at radius 2 is 2.19 bits per heavy atom. The van der Waals surface area contributed by atoms with Crippen molar-refractivity contribution in [2.75, 3.05) is 7.11 Å². The van der Waals surface area contributed by atoms with E-state index in [4.69, 9.17) is 20.9 Å². The third-order valence-electron chi connectivity index (χ3n) is 4.96. The van der Waals surface area contributed by atoms with E-state index >= 15 is 0 Å². The minimum absolute atomic E-state index is 0.266. The van der Waals surface area contributed by atoms with Crippen molar-refractivity contribution < 1.29 is 14.0 Å². The minimum atomic E-state index is -0.450. The number of rotatable bonds is 3. The van der Waals surface area contributed by atoms with E-state index in [1.807, 2.05) is 4.40 Å². The second-order valence-corrected chi connectivity index (χ2v) is 6.88. The number of hydrogen-bond acceptors (Lipinski definition) is 6. The number of aryl methyl sites for hydroxylation is 1. The molecule has 0 spiro atoms. The quantitative estimate of drug-likeness (QED) is 0.406. The minimum Gasteiger partial charge on any atom is -0.618 e. The molecule has 1 saturated carbocycles. The van der Waals surface area contributed by atoms with Crippen molar-refractivity contribution >= 4 is 28.2 Å². The number of nitrogens with zero attached hydrogens (tertiary/aromatic N) is 5. The number of fused-ring (bicyclic) bond motifs is 3. The van der Waals surface area contributed by atoms with Crippen LogP contribution < -0.4 is 4.73 Å². The van der Waals surface area contributed by atoms with Gasteiger partial charge in [-0.3, -0.25) is 4.40 Å². The second kappa shape index (κ2) is 5.15. The van der Waals surface area contributed by atoms with Crippen molar-refractivity contribution in [2.24, 2.45) is 0 Å². The molecular weight excluding hydrogens is 358 g/mol. The smallest absolute Gasteiger partial charge is 0.279 e. The van der Waals surface area contributed by atoms with Gasteiger partial charge in [-0.05, 0) is 25.0 Å². The number of ether oxygens (including phenoxy) is 1. The molecule has 0 atom stereocenters. The normalized spacial score (nSPS) is 15.8. The predicted molar refractivity (Wildman–Crippen MR) is 92.6 cm³/mol. The topological polar surface area (TPSA) is 92.4 Å². The molecule has 1 aromatic carbocycles. The largest absolute Gasteiger partial charge is 0.618 e. The van der Waals surface area contributed by atoms with Gasteiger partial charge in [0.2, 0.25) is 17.0 Å². The van der Waals surface area contributed by atoms with Gasteiger partial charge >= 0.3 is 0 Å². The fourth-order valence-corrected chi connectivity index (χ4v) is 3.48. The van der Waals surface area contributed by atoms with Gasteiger partial charge in [-0.15, -0.1) is 0 Å². The highest BCUT2D eigenvalue weighted by molar-refractivity contribution is 6.31. The van der Waals surface area contributed by atoms with Crippen molar-refractivity contribution in [3.8, 4) is 11.6 Å². The van der Waals surface area contributed by atoms with Gasteiger partial charge in [-0.25, -0.2) is 4.98 Å². The van der Waals surface area contributed by atoms with Crippen LogP contribution in [0.1, 0.15) is 24.4 Å². The van der Waals surface area contributed by atoms with Crippen LogP contribution in [-0.4, -0.2) is 26.6 Å². The molecule has 3 heterocycles. The van der Waals surface area contributed by atoms with E-state index in [1.54, 1.807) is 38.6 Å². The third-order valence-corrected chi connectivity index (χ3v) is 5.20. The number of hydrogen-bond donors (Lipinski definition) is 0. The van der Waals surface area contributed by atoms with Gasteiger partial charge in [0.15, 0.2) is 5.69 Å². The highest BCUT2D eigenvalue weighted by atomic mass is 35.5. The summed E-state index contributed by atoms with van der Waals surface area (Å²) in [4.78, 5) is 8.88. The summed E-state index contributed by atoms with van der Waals surface area (Å²) in [5.74, 6) is 0.776. The highest BCUT2D eigenvalue weighted by Crippen LogP contribution is 2.47. The Hall–Kier alpha value is -2.71. The van der Waals surface area contributed by atoms with Crippen LogP contribution in [0.4, 0.5) is 0 Å².